The minimum absolute atomic E-state index is 0.0159. The van der Waals surface area contributed by atoms with E-state index in [1.807, 2.05) is 71.1 Å². The average molecular weight is 663 g/mol. The van der Waals surface area contributed by atoms with Crippen molar-refractivity contribution in [2.75, 3.05) is 18.4 Å². The van der Waals surface area contributed by atoms with E-state index in [-0.39, 0.29) is 46.3 Å². The molecule has 3 aromatic rings. The van der Waals surface area contributed by atoms with E-state index in [1.165, 1.54) is 0 Å². The highest BCUT2D eigenvalue weighted by Crippen LogP contribution is 2.49. The largest absolute Gasteiger partial charge is 0.477 e. The Kier molecular flexibility index (Phi) is 10.2. The fourth-order valence-electron chi connectivity index (χ4n) is 7.30. The van der Waals surface area contributed by atoms with Gasteiger partial charge in [0, 0.05) is 30.6 Å². The number of ether oxygens (including phenoxy) is 2. The van der Waals surface area contributed by atoms with Crippen molar-refractivity contribution in [3.8, 4) is 17.1 Å². The third-order valence-corrected chi connectivity index (χ3v) is 11.1. The predicted molar refractivity (Wildman–Crippen MR) is 185 cm³/mol. The molecule has 2 atom stereocenters. The number of nitrogens with zero attached hydrogens (tertiary/aromatic N) is 3. The second-order valence-electron chi connectivity index (χ2n) is 14.6. The number of aromatic nitrogens is 2. The maximum Gasteiger partial charge on any atom is 0.410 e. The van der Waals surface area contributed by atoms with Gasteiger partial charge in [0.15, 0.2) is 0 Å². The SMILES string of the molecule is Cc1cccc(C)c1-c1cc2nc(n1)NS(=O)(=O)c1cccc(c1)C(CC[C@]1(C)C[C@@H](N(C)C(=O)OC(C)C)C1)[C@H](CC(C)C)CO2. The molecule has 0 spiro atoms. The fraction of sp³-hybridized carbons (Fsp3) is 0.541. The molecule has 47 heavy (non-hydrogen) atoms. The van der Waals surface area contributed by atoms with Gasteiger partial charge in [0.25, 0.3) is 10.0 Å². The van der Waals surface area contributed by atoms with Gasteiger partial charge in [0.2, 0.25) is 11.8 Å². The monoisotopic (exact) mass is 662 g/mol. The van der Waals surface area contributed by atoms with Crippen molar-refractivity contribution in [3.63, 3.8) is 0 Å². The molecule has 0 radical (unpaired) electrons. The van der Waals surface area contributed by atoms with Gasteiger partial charge in [-0.05, 0) is 106 Å². The van der Waals surface area contributed by atoms with Crippen LogP contribution in [0, 0.1) is 31.1 Å². The maximum atomic E-state index is 13.8. The van der Waals surface area contributed by atoms with Crippen LogP contribution in [0.25, 0.3) is 11.3 Å². The van der Waals surface area contributed by atoms with Crippen molar-refractivity contribution in [1.82, 2.24) is 14.9 Å². The summed E-state index contributed by atoms with van der Waals surface area (Å²) in [6, 6.07) is 15.3. The minimum atomic E-state index is -3.98. The van der Waals surface area contributed by atoms with Crippen molar-refractivity contribution < 1.29 is 22.7 Å². The average Bonchev–Trinajstić information content (AvgIpc) is 2.97. The Morgan fingerprint density at radius 3 is 2.40 bits per heavy atom. The van der Waals surface area contributed by atoms with Crippen LogP contribution in [0.4, 0.5) is 10.7 Å². The molecule has 9 nitrogen and oxygen atoms in total. The van der Waals surface area contributed by atoms with Gasteiger partial charge in [-0.1, -0.05) is 51.1 Å². The van der Waals surface area contributed by atoms with Gasteiger partial charge in [-0.15, -0.1) is 0 Å². The number of aryl methyl sites for hydroxylation is 2. The summed E-state index contributed by atoms with van der Waals surface area (Å²) in [5.41, 5.74) is 4.66. The fourth-order valence-corrected chi connectivity index (χ4v) is 8.30. The number of benzene rings is 2. The summed E-state index contributed by atoms with van der Waals surface area (Å²) in [4.78, 5) is 23.6. The third-order valence-electron chi connectivity index (χ3n) is 9.74. The van der Waals surface area contributed by atoms with Crippen LogP contribution in [0.3, 0.4) is 0 Å². The molecule has 254 valence electrons. The van der Waals surface area contributed by atoms with Gasteiger partial charge in [-0.3, -0.25) is 0 Å². The van der Waals surface area contributed by atoms with Crippen LogP contribution < -0.4 is 9.46 Å². The second kappa shape index (κ2) is 13.8. The Hall–Kier alpha value is -3.66. The van der Waals surface area contributed by atoms with Crippen LogP contribution in [-0.4, -0.2) is 55.2 Å². The summed E-state index contributed by atoms with van der Waals surface area (Å²) in [7, 11) is -2.16. The highest BCUT2D eigenvalue weighted by atomic mass is 32.2. The van der Waals surface area contributed by atoms with Crippen molar-refractivity contribution in [3.05, 3.63) is 65.2 Å². The van der Waals surface area contributed by atoms with E-state index in [0.717, 1.165) is 54.4 Å². The second-order valence-corrected chi connectivity index (χ2v) is 16.3. The molecule has 1 saturated carbocycles. The number of nitrogens with one attached hydrogen (secondary N) is 1. The summed E-state index contributed by atoms with van der Waals surface area (Å²) in [5.74, 6) is 0.912. The molecule has 1 N–H and O–H groups in total. The lowest BCUT2D eigenvalue weighted by Crippen LogP contribution is -2.50. The normalized spacial score (nSPS) is 23.5. The Morgan fingerprint density at radius 2 is 1.74 bits per heavy atom. The quantitative estimate of drug-likeness (QED) is 0.259. The number of hydrogen-bond acceptors (Lipinski definition) is 7. The molecule has 1 amide bonds. The number of carbonyl (C=O) groups is 1. The molecule has 2 aliphatic rings. The van der Waals surface area contributed by atoms with Crippen LogP contribution in [0.1, 0.15) is 89.3 Å². The third kappa shape index (κ3) is 8.08. The summed E-state index contributed by atoms with van der Waals surface area (Å²) in [6.07, 6.45) is 4.09. The molecule has 1 fully saturated rings. The number of anilines is 1. The number of rotatable bonds is 8. The summed E-state index contributed by atoms with van der Waals surface area (Å²) < 4.78 is 42.0. The number of hydrogen-bond donors (Lipinski definition) is 1. The molecule has 1 aliphatic carbocycles. The smallest absolute Gasteiger partial charge is 0.410 e. The summed E-state index contributed by atoms with van der Waals surface area (Å²) in [5, 5.41) is 0. The Morgan fingerprint density at radius 1 is 1.06 bits per heavy atom. The van der Waals surface area contributed by atoms with E-state index in [1.54, 1.807) is 17.0 Å². The van der Waals surface area contributed by atoms with E-state index in [2.05, 4.69) is 35.5 Å². The van der Waals surface area contributed by atoms with Crippen molar-refractivity contribution >= 4 is 22.1 Å². The Labute approximate surface area is 280 Å². The molecule has 4 bridgehead atoms. The first kappa shape index (κ1) is 34.7. The first-order valence-electron chi connectivity index (χ1n) is 16.8. The van der Waals surface area contributed by atoms with Gasteiger partial charge in [-0.2, -0.15) is 4.98 Å². The highest BCUT2D eigenvalue weighted by Gasteiger charge is 2.44. The van der Waals surface area contributed by atoms with Crippen molar-refractivity contribution in [2.45, 2.75) is 104 Å². The van der Waals surface area contributed by atoms with E-state index >= 15 is 0 Å². The van der Waals surface area contributed by atoms with E-state index in [0.29, 0.717) is 24.1 Å². The van der Waals surface area contributed by atoms with Crippen LogP contribution in [0.15, 0.2) is 53.4 Å². The van der Waals surface area contributed by atoms with Crippen molar-refractivity contribution in [2.24, 2.45) is 17.3 Å². The van der Waals surface area contributed by atoms with Crippen LogP contribution >= 0.6 is 0 Å². The summed E-state index contributed by atoms with van der Waals surface area (Å²) in [6.45, 7) is 14.9. The lowest BCUT2D eigenvalue weighted by Gasteiger charge is -2.49. The van der Waals surface area contributed by atoms with Crippen LogP contribution in [0.2, 0.25) is 0 Å². The van der Waals surface area contributed by atoms with Gasteiger partial charge < -0.3 is 14.4 Å². The molecule has 2 heterocycles. The topological polar surface area (TPSA) is 111 Å². The number of amides is 1. The first-order valence-corrected chi connectivity index (χ1v) is 18.3. The van der Waals surface area contributed by atoms with Gasteiger partial charge in [-0.25, -0.2) is 22.9 Å². The zero-order chi connectivity index (χ0) is 34.1. The predicted octanol–water partition coefficient (Wildman–Crippen LogP) is 8.13. The zero-order valence-corrected chi connectivity index (χ0v) is 29.9. The number of sulfonamides is 1. The van der Waals surface area contributed by atoms with Crippen LogP contribution in [-0.2, 0) is 14.8 Å². The Bertz CT molecular complexity index is 1680. The molecule has 10 heteroatoms. The van der Waals surface area contributed by atoms with Crippen LogP contribution in [0.5, 0.6) is 5.88 Å². The van der Waals surface area contributed by atoms with E-state index in [4.69, 9.17) is 9.47 Å². The molecule has 1 unspecified atom stereocenters. The van der Waals surface area contributed by atoms with Gasteiger partial charge in [0.05, 0.1) is 23.3 Å². The number of carbonyl (C=O) groups excluding carboxylic acids is 1. The minimum Gasteiger partial charge on any atom is -0.477 e. The first-order chi connectivity index (χ1) is 22.1. The molecule has 0 saturated heterocycles. The summed E-state index contributed by atoms with van der Waals surface area (Å²) >= 11 is 0. The van der Waals surface area contributed by atoms with Gasteiger partial charge >= 0.3 is 6.09 Å². The highest BCUT2D eigenvalue weighted by molar-refractivity contribution is 7.92. The standard InChI is InChI=1S/C37H50N4O5S/c1-23(2)17-28-22-45-33-19-32(34-25(5)11-9-12-26(34)6)38-35(39-33)40-47(43,44)30-14-10-13-27(18-30)31(28)15-16-37(7)20-29(21-37)41(8)36(42)46-24(3)4/h9-14,18-19,23-24,28-29,31H,15-17,20-22H2,1-8H3,(H,38,39,40)/t28-,29-,31?,37-/m1/s1. The zero-order valence-electron chi connectivity index (χ0n) is 29.0. The van der Waals surface area contributed by atoms with E-state index in [9.17, 15) is 13.2 Å². The molecule has 2 aromatic carbocycles. The lowest BCUT2D eigenvalue weighted by atomic mass is 9.62. The molecular weight excluding hydrogens is 612 g/mol. The van der Waals surface area contributed by atoms with Crippen molar-refractivity contribution in [1.29, 1.82) is 0 Å². The number of fused-ring (bicyclic) bond motifs is 4. The maximum absolute atomic E-state index is 13.8. The molecular formula is C37H50N4O5S. The van der Waals surface area contributed by atoms with Gasteiger partial charge in [0.1, 0.15) is 0 Å². The Balaban J connectivity index is 1.46. The lowest BCUT2D eigenvalue weighted by molar-refractivity contribution is 0.00345. The van der Waals surface area contributed by atoms with E-state index < -0.39 is 10.0 Å². The molecule has 5 rings (SSSR count). The molecule has 1 aliphatic heterocycles. The molecule has 1 aromatic heterocycles.